The minimum atomic E-state index is 0.698. The largest absolute Gasteiger partial charge is 0.364 e. The monoisotopic (exact) mass is 326 g/mol. The minimum Gasteiger partial charge on any atom is -0.364 e. The second-order valence-electron chi connectivity index (χ2n) is 6.07. The summed E-state index contributed by atoms with van der Waals surface area (Å²) in [6.45, 7) is 10.5. The third-order valence-corrected chi connectivity index (χ3v) is 4.10. The number of rotatable bonds is 8. The van der Waals surface area contributed by atoms with Crippen molar-refractivity contribution in [3.8, 4) is 0 Å². The van der Waals surface area contributed by atoms with E-state index in [0.717, 1.165) is 45.0 Å². The maximum atomic E-state index is 4.80. The van der Waals surface area contributed by atoms with E-state index in [2.05, 4.69) is 72.1 Å². The van der Waals surface area contributed by atoms with Gasteiger partial charge in [-0.05, 0) is 37.5 Å². The van der Waals surface area contributed by atoms with Gasteiger partial charge in [0.1, 0.15) is 0 Å². The lowest BCUT2D eigenvalue weighted by molar-refractivity contribution is 0.470. The highest BCUT2D eigenvalue weighted by atomic mass is 15.3. The van der Waals surface area contributed by atoms with Crippen molar-refractivity contribution >= 4 is 11.6 Å². The number of guanidine groups is 1. The maximum absolute atomic E-state index is 4.80. The average Bonchev–Trinajstić information content (AvgIpc) is 3.13. The van der Waals surface area contributed by atoms with Crippen LogP contribution in [0.15, 0.2) is 54.1 Å². The smallest absolute Gasteiger partial charge is 0.193 e. The molecule has 24 heavy (non-hydrogen) atoms. The molecule has 1 aliphatic rings. The SMILES string of the molecule is C=CCCCN(C)C(=NCc1cccc(N2CC=CC2)c1)NCC. The number of anilines is 1. The molecule has 1 N–H and O–H groups in total. The van der Waals surface area contributed by atoms with Gasteiger partial charge in [-0.3, -0.25) is 0 Å². The molecule has 4 heteroatoms. The molecular formula is C20H30N4. The van der Waals surface area contributed by atoms with Crippen molar-refractivity contribution in [2.24, 2.45) is 4.99 Å². The van der Waals surface area contributed by atoms with Gasteiger partial charge in [0, 0.05) is 38.9 Å². The molecule has 0 radical (unpaired) electrons. The van der Waals surface area contributed by atoms with E-state index in [1.807, 2.05) is 6.08 Å². The van der Waals surface area contributed by atoms with Gasteiger partial charge in [0.15, 0.2) is 5.96 Å². The first-order valence-corrected chi connectivity index (χ1v) is 8.83. The Morgan fingerprint density at radius 1 is 1.38 bits per heavy atom. The molecule has 0 fully saturated rings. The Labute approximate surface area is 146 Å². The van der Waals surface area contributed by atoms with Gasteiger partial charge < -0.3 is 15.1 Å². The Bertz CT molecular complexity index is 569. The minimum absolute atomic E-state index is 0.698. The Hall–Kier alpha value is -2.23. The lowest BCUT2D eigenvalue weighted by Gasteiger charge is -2.22. The molecule has 0 amide bonds. The van der Waals surface area contributed by atoms with Crippen LogP contribution in [0.1, 0.15) is 25.3 Å². The summed E-state index contributed by atoms with van der Waals surface area (Å²) in [5.74, 6) is 0.967. The zero-order valence-corrected chi connectivity index (χ0v) is 15.0. The fraction of sp³-hybridized carbons (Fsp3) is 0.450. The number of nitrogens with one attached hydrogen (secondary N) is 1. The van der Waals surface area contributed by atoms with E-state index in [0.29, 0.717) is 6.54 Å². The van der Waals surface area contributed by atoms with Gasteiger partial charge in [-0.1, -0.05) is 30.4 Å². The summed E-state index contributed by atoms with van der Waals surface area (Å²) in [6.07, 6.45) is 8.53. The third-order valence-electron chi connectivity index (χ3n) is 4.10. The van der Waals surface area contributed by atoms with Gasteiger partial charge >= 0.3 is 0 Å². The summed E-state index contributed by atoms with van der Waals surface area (Å²) < 4.78 is 0. The van der Waals surface area contributed by atoms with Crippen molar-refractivity contribution < 1.29 is 0 Å². The first-order chi connectivity index (χ1) is 11.7. The molecule has 0 atom stereocenters. The van der Waals surface area contributed by atoms with E-state index in [-0.39, 0.29) is 0 Å². The predicted molar refractivity (Wildman–Crippen MR) is 105 cm³/mol. The van der Waals surface area contributed by atoms with Crippen LogP contribution in [0.4, 0.5) is 5.69 Å². The summed E-state index contributed by atoms with van der Waals surface area (Å²) >= 11 is 0. The molecule has 0 spiro atoms. The fourth-order valence-electron chi connectivity index (χ4n) is 2.75. The summed E-state index contributed by atoms with van der Waals surface area (Å²) in [7, 11) is 2.09. The highest BCUT2D eigenvalue weighted by Gasteiger charge is 2.08. The van der Waals surface area contributed by atoms with E-state index in [1.54, 1.807) is 0 Å². The van der Waals surface area contributed by atoms with Crippen LogP contribution in [0.5, 0.6) is 0 Å². The lowest BCUT2D eigenvalue weighted by Crippen LogP contribution is -2.39. The van der Waals surface area contributed by atoms with Crippen LogP contribution < -0.4 is 10.2 Å². The Morgan fingerprint density at radius 2 is 2.17 bits per heavy atom. The number of hydrogen-bond acceptors (Lipinski definition) is 2. The third kappa shape index (κ3) is 5.44. The summed E-state index contributed by atoms with van der Waals surface area (Å²) in [6, 6.07) is 8.70. The molecule has 0 aliphatic carbocycles. The van der Waals surface area contributed by atoms with Crippen molar-refractivity contribution in [3.05, 3.63) is 54.6 Å². The lowest BCUT2D eigenvalue weighted by atomic mass is 10.2. The van der Waals surface area contributed by atoms with E-state index >= 15 is 0 Å². The Kier molecular flexibility index (Phi) is 7.40. The van der Waals surface area contributed by atoms with Gasteiger partial charge in [-0.25, -0.2) is 4.99 Å². The molecule has 2 rings (SSSR count). The Morgan fingerprint density at radius 3 is 2.88 bits per heavy atom. The number of aliphatic imine (C=N–C) groups is 1. The summed E-state index contributed by atoms with van der Waals surface area (Å²) in [5.41, 5.74) is 2.52. The average molecular weight is 326 g/mol. The molecule has 1 aliphatic heterocycles. The summed E-state index contributed by atoms with van der Waals surface area (Å²) in [5, 5.41) is 3.38. The van der Waals surface area contributed by atoms with Crippen LogP contribution in [0.2, 0.25) is 0 Å². The van der Waals surface area contributed by atoms with E-state index in [4.69, 9.17) is 4.99 Å². The van der Waals surface area contributed by atoms with Crippen LogP contribution in [-0.2, 0) is 6.54 Å². The standard InChI is InChI=1S/C20H30N4/c1-4-6-7-13-23(3)20(21-5-2)22-17-18-11-10-12-19(16-18)24-14-8-9-15-24/h4,8-12,16H,1,5-7,13-15,17H2,2-3H3,(H,21,22). The van der Waals surface area contributed by atoms with Crippen molar-refractivity contribution in [1.82, 2.24) is 10.2 Å². The fourth-order valence-corrected chi connectivity index (χ4v) is 2.75. The van der Waals surface area contributed by atoms with Crippen LogP contribution in [-0.4, -0.2) is 44.1 Å². The van der Waals surface area contributed by atoms with Crippen LogP contribution in [0.3, 0.4) is 0 Å². The molecular weight excluding hydrogens is 296 g/mol. The molecule has 0 unspecified atom stereocenters. The van der Waals surface area contributed by atoms with E-state index in [1.165, 1.54) is 11.3 Å². The normalized spacial score (nSPS) is 14.1. The van der Waals surface area contributed by atoms with E-state index in [9.17, 15) is 0 Å². The van der Waals surface area contributed by atoms with Gasteiger partial charge in [-0.2, -0.15) is 0 Å². The maximum Gasteiger partial charge on any atom is 0.193 e. The second-order valence-corrected chi connectivity index (χ2v) is 6.07. The zero-order valence-electron chi connectivity index (χ0n) is 15.0. The first-order valence-electron chi connectivity index (χ1n) is 8.83. The van der Waals surface area contributed by atoms with Gasteiger partial charge in [0.25, 0.3) is 0 Å². The van der Waals surface area contributed by atoms with Crippen LogP contribution in [0.25, 0.3) is 0 Å². The molecule has 1 heterocycles. The van der Waals surface area contributed by atoms with Crippen molar-refractivity contribution in [2.45, 2.75) is 26.3 Å². The van der Waals surface area contributed by atoms with Gasteiger partial charge in [-0.15, -0.1) is 6.58 Å². The summed E-state index contributed by atoms with van der Waals surface area (Å²) in [4.78, 5) is 9.36. The first kappa shape index (κ1) is 18.1. The number of nitrogens with zero attached hydrogens (tertiary/aromatic N) is 3. The molecule has 0 saturated carbocycles. The number of hydrogen-bond donors (Lipinski definition) is 1. The molecule has 130 valence electrons. The van der Waals surface area contributed by atoms with Gasteiger partial charge in [0.2, 0.25) is 0 Å². The molecule has 0 saturated heterocycles. The second kappa shape index (κ2) is 9.81. The molecule has 1 aromatic rings. The van der Waals surface area contributed by atoms with Crippen molar-refractivity contribution in [3.63, 3.8) is 0 Å². The Balaban J connectivity index is 1.99. The predicted octanol–water partition coefficient (Wildman–Crippen LogP) is 3.43. The number of allylic oxidation sites excluding steroid dienone is 1. The molecule has 0 bridgehead atoms. The van der Waals surface area contributed by atoms with Crippen molar-refractivity contribution in [2.75, 3.05) is 38.1 Å². The van der Waals surface area contributed by atoms with Crippen molar-refractivity contribution in [1.29, 1.82) is 0 Å². The van der Waals surface area contributed by atoms with Gasteiger partial charge in [0.05, 0.1) is 6.54 Å². The molecule has 4 nitrogen and oxygen atoms in total. The highest BCUT2D eigenvalue weighted by Crippen LogP contribution is 2.19. The highest BCUT2D eigenvalue weighted by molar-refractivity contribution is 5.79. The molecule has 0 aromatic heterocycles. The van der Waals surface area contributed by atoms with Crippen LogP contribution >= 0.6 is 0 Å². The quantitative estimate of drug-likeness (QED) is 0.344. The van der Waals surface area contributed by atoms with Crippen LogP contribution in [0, 0.1) is 0 Å². The number of benzene rings is 1. The number of unbranched alkanes of at least 4 members (excludes halogenated alkanes) is 1. The molecule has 1 aromatic carbocycles. The topological polar surface area (TPSA) is 30.9 Å². The zero-order chi connectivity index (χ0) is 17.2. The van der Waals surface area contributed by atoms with E-state index < -0.39 is 0 Å².